The molecule has 1 aliphatic rings. The fourth-order valence-corrected chi connectivity index (χ4v) is 1.12. The number of carbonyl (C=O) groups excluding carboxylic acids is 1. The van der Waals surface area contributed by atoms with Gasteiger partial charge < -0.3 is 10.1 Å². The Labute approximate surface area is 71.3 Å². The minimum absolute atomic E-state index is 0.119. The Bertz CT molecular complexity index is 155. The molecule has 1 aliphatic heterocycles. The third-order valence-corrected chi connectivity index (χ3v) is 1.80. The van der Waals surface area contributed by atoms with Gasteiger partial charge in [-0.2, -0.15) is 0 Å². The Morgan fingerprint density at radius 1 is 1.83 bits per heavy atom. The van der Waals surface area contributed by atoms with E-state index in [1.165, 1.54) is 7.05 Å². The monoisotopic (exact) mass is 174 g/mol. The SMILES string of the molecule is CN(O)C(=O)NCC1CCCO1. The first kappa shape index (κ1) is 9.28. The van der Waals surface area contributed by atoms with Crippen molar-refractivity contribution in [2.75, 3.05) is 20.2 Å². The van der Waals surface area contributed by atoms with Crippen LogP contribution in [0.3, 0.4) is 0 Å². The van der Waals surface area contributed by atoms with Crippen LogP contribution >= 0.6 is 0 Å². The molecule has 0 spiro atoms. The summed E-state index contributed by atoms with van der Waals surface area (Å²) in [5, 5.41) is 11.7. The van der Waals surface area contributed by atoms with E-state index in [-0.39, 0.29) is 6.10 Å². The molecule has 2 N–H and O–H groups in total. The molecule has 2 amide bonds. The summed E-state index contributed by atoms with van der Waals surface area (Å²) in [6.07, 6.45) is 2.15. The van der Waals surface area contributed by atoms with Crippen molar-refractivity contribution in [3.05, 3.63) is 0 Å². The predicted molar refractivity (Wildman–Crippen MR) is 41.9 cm³/mol. The highest BCUT2D eigenvalue weighted by Gasteiger charge is 2.16. The third-order valence-electron chi connectivity index (χ3n) is 1.80. The number of ether oxygens (including phenoxy) is 1. The summed E-state index contributed by atoms with van der Waals surface area (Å²) in [4.78, 5) is 10.8. The van der Waals surface area contributed by atoms with E-state index in [0.717, 1.165) is 19.4 Å². The molecule has 1 atom stereocenters. The smallest absolute Gasteiger partial charge is 0.340 e. The highest BCUT2D eigenvalue weighted by atomic mass is 16.5. The van der Waals surface area contributed by atoms with Crippen LogP contribution in [-0.2, 0) is 4.74 Å². The number of urea groups is 1. The molecule has 1 fully saturated rings. The number of hydrogen-bond donors (Lipinski definition) is 2. The van der Waals surface area contributed by atoms with Crippen LogP contribution in [0.15, 0.2) is 0 Å². The van der Waals surface area contributed by atoms with Crippen LogP contribution in [-0.4, -0.2) is 42.6 Å². The van der Waals surface area contributed by atoms with Gasteiger partial charge in [0.2, 0.25) is 0 Å². The number of hydroxylamine groups is 2. The molecule has 0 aromatic carbocycles. The van der Waals surface area contributed by atoms with Crippen molar-refractivity contribution in [3.8, 4) is 0 Å². The highest BCUT2D eigenvalue weighted by molar-refractivity contribution is 5.72. The van der Waals surface area contributed by atoms with Gasteiger partial charge in [-0.05, 0) is 12.8 Å². The van der Waals surface area contributed by atoms with Crippen LogP contribution in [0.5, 0.6) is 0 Å². The van der Waals surface area contributed by atoms with Crippen molar-refractivity contribution in [2.24, 2.45) is 0 Å². The summed E-state index contributed by atoms with van der Waals surface area (Å²) in [7, 11) is 1.28. The molecule has 5 heteroatoms. The quantitative estimate of drug-likeness (QED) is 0.464. The van der Waals surface area contributed by atoms with Crippen LogP contribution in [0.1, 0.15) is 12.8 Å². The van der Waals surface area contributed by atoms with E-state index in [4.69, 9.17) is 9.94 Å². The highest BCUT2D eigenvalue weighted by Crippen LogP contribution is 2.10. The summed E-state index contributed by atoms with van der Waals surface area (Å²) in [5.74, 6) is 0. The molecule has 1 rings (SSSR count). The first-order chi connectivity index (χ1) is 5.70. The van der Waals surface area contributed by atoms with Crippen LogP contribution < -0.4 is 5.32 Å². The van der Waals surface area contributed by atoms with Gasteiger partial charge in [0.05, 0.1) is 6.10 Å². The largest absolute Gasteiger partial charge is 0.376 e. The van der Waals surface area contributed by atoms with Gasteiger partial charge in [0.25, 0.3) is 0 Å². The van der Waals surface area contributed by atoms with Crippen molar-refractivity contribution in [1.82, 2.24) is 10.4 Å². The topological polar surface area (TPSA) is 61.8 Å². The zero-order chi connectivity index (χ0) is 8.97. The number of nitrogens with one attached hydrogen (secondary N) is 1. The molecule has 0 aromatic rings. The normalized spacial score (nSPS) is 22.3. The Kier molecular flexibility index (Phi) is 3.31. The first-order valence-corrected chi connectivity index (χ1v) is 4.02. The molecule has 12 heavy (non-hydrogen) atoms. The second kappa shape index (κ2) is 4.27. The van der Waals surface area contributed by atoms with Gasteiger partial charge in [-0.1, -0.05) is 0 Å². The number of amides is 2. The van der Waals surface area contributed by atoms with Crippen molar-refractivity contribution >= 4 is 6.03 Å². The summed E-state index contributed by atoms with van der Waals surface area (Å²) in [6.45, 7) is 1.25. The summed E-state index contributed by atoms with van der Waals surface area (Å²) < 4.78 is 5.27. The molecule has 1 saturated heterocycles. The van der Waals surface area contributed by atoms with E-state index >= 15 is 0 Å². The zero-order valence-corrected chi connectivity index (χ0v) is 7.12. The van der Waals surface area contributed by atoms with Crippen molar-refractivity contribution in [1.29, 1.82) is 0 Å². The summed E-state index contributed by atoms with van der Waals surface area (Å²) >= 11 is 0. The Morgan fingerprint density at radius 3 is 3.08 bits per heavy atom. The lowest BCUT2D eigenvalue weighted by Crippen LogP contribution is -2.39. The molecule has 1 unspecified atom stereocenters. The number of hydrogen-bond acceptors (Lipinski definition) is 3. The summed E-state index contributed by atoms with van der Waals surface area (Å²) in [6, 6.07) is -0.495. The molecule has 70 valence electrons. The molecule has 0 bridgehead atoms. The predicted octanol–water partition coefficient (Wildman–Crippen LogP) is 0.196. The van der Waals surface area contributed by atoms with E-state index in [0.29, 0.717) is 11.6 Å². The van der Waals surface area contributed by atoms with Gasteiger partial charge in [0, 0.05) is 20.2 Å². The van der Waals surface area contributed by atoms with Crippen molar-refractivity contribution in [2.45, 2.75) is 18.9 Å². The summed E-state index contributed by atoms with van der Waals surface area (Å²) in [5.41, 5.74) is 0. The maximum absolute atomic E-state index is 10.8. The van der Waals surface area contributed by atoms with E-state index in [9.17, 15) is 4.79 Å². The third kappa shape index (κ3) is 2.67. The van der Waals surface area contributed by atoms with Gasteiger partial charge in [0.1, 0.15) is 0 Å². The molecular weight excluding hydrogens is 160 g/mol. The molecule has 0 aromatic heterocycles. The average molecular weight is 174 g/mol. The maximum Gasteiger partial charge on any atom is 0.340 e. The van der Waals surface area contributed by atoms with Crippen LogP contribution in [0, 0.1) is 0 Å². The average Bonchev–Trinajstić information content (AvgIpc) is 2.51. The van der Waals surface area contributed by atoms with E-state index in [1.807, 2.05) is 0 Å². The van der Waals surface area contributed by atoms with E-state index in [1.54, 1.807) is 0 Å². The van der Waals surface area contributed by atoms with Gasteiger partial charge in [-0.3, -0.25) is 5.21 Å². The first-order valence-electron chi connectivity index (χ1n) is 4.02. The zero-order valence-electron chi connectivity index (χ0n) is 7.12. The minimum atomic E-state index is -0.495. The van der Waals surface area contributed by atoms with Crippen molar-refractivity contribution < 1.29 is 14.7 Å². The lowest BCUT2D eigenvalue weighted by molar-refractivity contribution is -0.0196. The van der Waals surface area contributed by atoms with Gasteiger partial charge in [0.15, 0.2) is 0 Å². The molecule has 0 saturated carbocycles. The van der Waals surface area contributed by atoms with Gasteiger partial charge in [-0.15, -0.1) is 0 Å². The number of nitrogens with zero attached hydrogens (tertiary/aromatic N) is 1. The molecule has 0 aliphatic carbocycles. The fraction of sp³-hybridized carbons (Fsp3) is 0.857. The van der Waals surface area contributed by atoms with Crippen molar-refractivity contribution in [3.63, 3.8) is 0 Å². The number of carbonyl (C=O) groups is 1. The standard InChI is InChI=1S/C7H14N2O3/c1-9(11)7(10)8-5-6-3-2-4-12-6/h6,11H,2-5H2,1H3,(H,8,10). The number of rotatable bonds is 2. The lowest BCUT2D eigenvalue weighted by atomic mass is 10.2. The van der Waals surface area contributed by atoms with Gasteiger partial charge >= 0.3 is 6.03 Å². The Morgan fingerprint density at radius 2 is 2.58 bits per heavy atom. The van der Waals surface area contributed by atoms with Crippen LogP contribution in [0.4, 0.5) is 4.79 Å². The second-order valence-electron chi connectivity index (χ2n) is 2.84. The maximum atomic E-state index is 10.8. The van der Waals surface area contributed by atoms with E-state index < -0.39 is 6.03 Å². The lowest BCUT2D eigenvalue weighted by Gasteiger charge is -2.13. The minimum Gasteiger partial charge on any atom is -0.376 e. The molecule has 5 nitrogen and oxygen atoms in total. The second-order valence-corrected chi connectivity index (χ2v) is 2.84. The fourth-order valence-electron chi connectivity index (χ4n) is 1.12. The van der Waals surface area contributed by atoms with Crippen LogP contribution in [0.25, 0.3) is 0 Å². The molecule has 1 heterocycles. The Hall–Kier alpha value is -0.810. The van der Waals surface area contributed by atoms with E-state index in [2.05, 4.69) is 5.32 Å². The van der Waals surface area contributed by atoms with Gasteiger partial charge in [-0.25, -0.2) is 9.86 Å². The van der Waals surface area contributed by atoms with Crippen LogP contribution in [0.2, 0.25) is 0 Å². The molecular formula is C7H14N2O3. The Balaban J connectivity index is 2.12. The molecule has 0 radical (unpaired) electrons.